The summed E-state index contributed by atoms with van der Waals surface area (Å²) in [5.74, 6) is 0. The van der Waals surface area contributed by atoms with Gasteiger partial charge in [0.2, 0.25) is 0 Å². The van der Waals surface area contributed by atoms with Crippen molar-refractivity contribution in [2.45, 2.75) is 57.7 Å². The zero-order valence-electron chi connectivity index (χ0n) is 9.37. The molecule has 2 heterocycles. The van der Waals surface area contributed by atoms with Gasteiger partial charge in [-0.2, -0.15) is 5.10 Å². The summed E-state index contributed by atoms with van der Waals surface area (Å²) < 4.78 is 2.24. The maximum Gasteiger partial charge on any atom is 0.0810 e. The van der Waals surface area contributed by atoms with Crippen molar-refractivity contribution in [2.24, 2.45) is 0 Å². The molecule has 0 radical (unpaired) electrons. The maximum absolute atomic E-state index is 4.72. The van der Waals surface area contributed by atoms with Crippen LogP contribution >= 0.6 is 0 Å². The van der Waals surface area contributed by atoms with Crippen molar-refractivity contribution < 1.29 is 0 Å². The van der Waals surface area contributed by atoms with Gasteiger partial charge < -0.3 is 5.32 Å². The Bertz CT molecular complexity index is 350. The Kier molecular flexibility index (Phi) is 2.28. The van der Waals surface area contributed by atoms with E-state index >= 15 is 0 Å². The second-order valence-corrected chi connectivity index (χ2v) is 4.91. The van der Waals surface area contributed by atoms with Gasteiger partial charge in [0.05, 0.1) is 11.7 Å². The molecule has 1 aromatic heterocycles. The minimum Gasteiger partial charge on any atom is -0.304 e. The van der Waals surface area contributed by atoms with E-state index in [1.165, 1.54) is 43.4 Å². The fraction of sp³-hybridized carbons (Fsp3) is 0.750. The Morgan fingerprint density at radius 1 is 1.33 bits per heavy atom. The number of aromatic nitrogens is 2. The molecular weight excluding hydrogens is 186 g/mol. The van der Waals surface area contributed by atoms with Gasteiger partial charge in [0.1, 0.15) is 0 Å². The molecule has 0 bridgehead atoms. The van der Waals surface area contributed by atoms with Crippen LogP contribution in [0.25, 0.3) is 0 Å². The second kappa shape index (κ2) is 3.63. The third kappa shape index (κ3) is 1.59. The lowest BCUT2D eigenvalue weighted by molar-refractivity contribution is 0.326. The fourth-order valence-corrected chi connectivity index (χ4v) is 2.83. The molecule has 1 fully saturated rings. The predicted octanol–water partition coefficient (Wildman–Crippen LogP) is 2.55. The molecule has 0 spiro atoms. The number of hydrogen-bond donors (Lipinski definition) is 1. The monoisotopic (exact) mass is 205 g/mol. The van der Waals surface area contributed by atoms with Gasteiger partial charge in [-0.3, -0.25) is 4.68 Å². The highest BCUT2D eigenvalue weighted by Crippen LogP contribution is 2.31. The zero-order valence-corrected chi connectivity index (χ0v) is 9.37. The fourth-order valence-electron chi connectivity index (χ4n) is 2.83. The number of rotatable bonds is 1. The van der Waals surface area contributed by atoms with Crippen LogP contribution < -0.4 is 5.32 Å². The summed E-state index contributed by atoms with van der Waals surface area (Å²) in [6.45, 7) is 3.18. The van der Waals surface area contributed by atoms with Crippen molar-refractivity contribution in [3.05, 3.63) is 17.5 Å². The summed E-state index contributed by atoms with van der Waals surface area (Å²) in [5.41, 5.74) is 2.69. The lowest BCUT2D eigenvalue weighted by atomic mass is 9.96. The Hall–Kier alpha value is -0.830. The van der Waals surface area contributed by atoms with E-state index in [1.54, 1.807) is 0 Å². The Morgan fingerprint density at radius 3 is 2.87 bits per heavy atom. The normalized spacial score (nSPS) is 26.9. The molecule has 15 heavy (non-hydrogen) atoms. The van der Waals surface area contributed by atoms with Gasteiger partial charge in [-0.25, -0.2) is 0 Å². The van der Waals surface area contributed by atoms with E-state index in [1.807, 2.05) is 0 Å². The van der Waals surface area contributed by atoms with Crippen molar-refractivity contribution in [1.82, 2.24) is 15.1 Å². The molecule has 0 saturated heterocycles. The molecule has 2 aliphatic rings. The Labute approximate surface area is 90.9 Å². The van der Waals surface area contributed by atoms with Crippen molar-refractivity contribution in [3.63, 3.8) is 0 Å². The van der Waals surface area contributed by atoms with Crippen molar-refractivity contribution in [1.29, 1.82) is 0 Å². The van der Waals surface area contributed by atoms with E-state index in [0.29, 0.717) is 12.1 Å². The van der Waals surface area contributed by atoms with Gasteiger partial charge in [-0.15, -0.1) is 0 Å². The molecule has 1 aliphatic heterocycles. The third-order valence-electron chi connectivity index (χ3n) is 3.83. The average molecular weight is 205 g/mol. The molecular formula is C12H19N3. The quantitative estimate of drug-likeness (QED) is 0.763. The first-order chi connectivity index (χ1) is 7.34. The molecule has 1 aromatic rings. The maximum atomic E-state index is 4.72. The van der Waals surface area contributed by atoms with Crippen molar-refractivity contribution in [3.8, 4) is 0 Å². The highest BCUT2D eigenvalue weighted by molar-refractivity contribution is 5.25. The molecule has 0 amide bonds. The highest BCUT2D eigenvalue weighted by Gasteiger charge is 2.24. The molecule has 3 nitrogen and oxygen atoms in total. The van der Waals surface area contributed by atoms with Crippen LogP contribution in [0.4, 0.5) is 0 Å². The first-order valence-electron chi connectivity index (χ1n) is 6.16. The van der Waals surface area contributed by atoms with Gasteiger partial charge in [0.25, 0.3) is 0 Å². The third-order valence-corrected chi connectivity index (χ3v) is 3.83. The summed E-state index contributed by atoms with van der Waals surface area (Å²) in [6.07, 6.45) is 9.09. The summed E-state index contributed by atoms with van der Waals surface area (Å²) in [6, 6.07) is 1.17. The van der Waals surface area contributed by atoms with Crippen LogP contribution in [0.15, 0.2) is 6.20 Å². The van der Waals surface area contributed by atoms with E-state index in [-0.39, 0.29) is 0 Å². The summed E-state index contributed by atoms with van der Waals surface area (Å²) in [5, 5.41) is 8.14. The molecule has 1 atom stereocenters. The first kappa shape index (κ1) is 9.40. The topological polar surface area (TPSA) is 29.9 Å². The molecule has 1 saturated carbocycles. The van der Waals surface area contributed by atoms with E-state index in [9.17, 15) is 0 Å². The highest BCUT2D eigenvalue weighted by atomic mass is 15.3. The van der Waals surface area contributed by atoms with Gasteiger partial charge in [-0.05, 0) is 19.8 Å². The predicted molar refractivity (Wildman–Crippen MR) is 59.6 cm³/mol. The van der Waals surface area contributed by atoms with E-state index < -0.39 is 0 Å². The van der Waals surface area contributed by atoms with Crippen LogP contribution in [0.5, 0.6) is 0 Å². The lowest BCUT2D eigenvalue weighted by Crippen LogP contribution is -2.15. The van der Waals surface area contributed by atoms with Crippen LogP contribution in [-0.4, -0.2) is 9.78 Å². The van der Waals surface area contributed by atoms with Crippen LogP contribution in [-0.2, 0) is 6.54 Å². The first-order valence-corrected chi connectivity index (χ1v) is 6.16. The molecule has 0 aromatic carbocycles. The Morgan fingerprint density at radius 2 is 2.13 bits per heavy atom. The number of nitrogens with zero attached hydrogens (tertiary/aromatic N) is 2. The van der Waals surface area contributed by atoms with E-state index in [2.05, 4.69) is 23.1 Å². The van der Waals surface area contributed by atoms with Crippen molar-refractivity contribution in [2.75, 3.05) is 0 Å². The minimum atomic E-state index is 0.498. The smallest absolute Gasteiger partial charge is 0.0810 e. The van der Waals surface area contributed by atoms with Gasteiger partial charge in [-0.1, -0.05) is 19.3 Å². The molecule has 1 N–H and O–H groups in total. The summed E-state index contributed by atoms with van der Waals surface area (Å²) in [7, 11) is 0. The lowest BCUT2D eigenvalue weighted by Gasteiger charge is -2.22. The number of fused-ring (bicyclic) bond motifs is 1. The molecule has 3 heteroatoms. The van der Waals surface area contributed by atoms with Gasteiger partial charge >= 0.3 is 0 Å². The zero-order chi connectivity index (χ0) is 10.3. The number of hydrogen-bond acceptors (Lipinski definition) is 2. The Balaban J connectivity index is 1.84. The van der Waals surface area contributed by atoms with E-state index in [4.69, 9.17) is 5.10 Å². The number of nitrogens with one attached hydrogen (secondary N) is 1. The molecule has 1 unspecified atom stereocenters. The van der Waals surface area contributed by atoms with Crippen LogP contribution in [0.3, 0.4) is 0 Å². The van der Waals surface area contributed by atoms with Crippen LogP contribution in [0, 0.1) is 0 Å². The van der Waals surface area contributed by atoms with Gasteiger partial charge in [0, 0.05) is 24.3 Å². The van der Waals surface area contributed by atoms with Crippen molar-refractivity contribution >= 4 is 0 Å². The van der Waals surface area contributed by atoms with Crippen LogP contribution in [0.1, 0.15) is 62.4 Å². The standard InChI is InChI=1S/C12H19N3/c1-9-11-8-15(14-12(11)7-13-9)10-5-3-2-4-6-10/h8-10,13H,2-7H2,1H3. The largest absolute Gasteiger partial charge is 0.304 e. The minimum absolute atomic E-state index is 0.498. The average Bonchev–Trinajstić information content (AvgIpc) is 2.83. The summed E-state index contributed by atoms with van der Waals surface area (Å²) in [4.78, 5) is 0. The summed E-state index contributed by atoms with van der Waals surface area (Å²) >= 11 is 0. The SMILES string of the molecule is CC1NCc2nn(C3CCCCC3)cc21. The molecule has 3 rings (SSSR count). The molecule has 82 valence electrons. The van der Waals surface area contributed by atoms with Crippen LogP contribution in [0.2, 0.25) is 0 Å². The van der Waals surface area contributed by atoms with E-state index in [0.717, 1.165) is 6.54 Å². The van der Waals surface area contributed by atoms with Gasteiger partial charge in [0.15, 0.2) is 0 Å². The second-order valence-electron chi connectivity index (χ2n) is 4.91. The molecule has 1 aliphatic carbocycles.